The molecule has 0 radical (unpaired) electrons. The summed E-state index contributed by atoms with van der Waals surface area (Å²) in [5.41, 5.74) is 0. The van der Waals surface area contributed by atoms with E-state index < -0.39 is 6.10 Å². The van der Waals surface area contributed by atoms with Crippen molar-refractivity contribution in [1.82, 2.24) is 0 Å². The molecule has 1 atom stereocenters. The Hall–Kier alpha value is -2.37. The van der Waals surface area contributed by atoms with Crippen LogP contribution in [0.1, 0.15) is 303 Å². The molecule has 0 aromatic carbocycles. The Balaban J connectivity index is 4.33. The first-order valence-corrected chi connectivity index (χ1v) is 28.5. The summed E-state index contributed by atoms with van der Waals surface area (Å²) in [5.74, 6) is -0.881. The molecule has 6 heteroatoms. The summed E-state index contributed by atoms with van der Waals surface area (Å²) in [7, 11) is 0. The van der Waals surface area contributed by atoms with E-state index >= 15 is 0 Å². The molecule has 0 heterocycles. The molecule has 0 aliphatic carbocycles. The van der Waals surface area contributed by atoms with Gasteiger partial charge in [-0.05, 0) is 57.8 Å². The maximum atomic E-state index is 12.8. The second-order valence-corrected chi connectivity index (χ2v) is 19.2. The topological polar surface area (TPSA) is 78.9 Å². The molecule has 0 spiro atoms. The number of allylic oxidation sites excluding steroid dienone is 6. The van der Waals surface area contributed by atoms with Crippen LogP contribution in [0.4, 0.5) is 0 Å². The summed E-state index contributed by atoms with van der Waals surface area (Å²) in [6, 6.07) is 0. The molecule has 0 unspecified atom stereocenters. The molecule has 0 aliphatic heterocycles. The number of unbranched alkanes of at least 4 members (excludes halogenated alkanes) is 35. The summed E-state index contributed by atoms with van der Waals surface area (Å²) in [6.07, 6.45) is 64.2. The molecule has 0 fully saturated rings. The third-order valence-corrected chi connectivity index (χ3v) is 12.6. The molecule has 0 rings (SSSR count). The van der Waals surface area contributed by atoms with Gasteiger partial charge in [0.1, 0.15) is 13.2 Å². The van der Waals surface area contributed by atoms with Crippen molar-refractivity contribution in [2.75, 3.05) is 13.2 Å². The highest BCUT2D eigenvalue weighted by atomic mass is 16.6. The minimum Gasteiger partial charge on any atom is -0.462 e. The van der Waals surface area contributed by atoms with Crippen molar-refractivity contribution in [3.63, 3.8) is 0 Å². The lowest BCUT2D eigenvalue weighted by Gasteiger charge is -2.18. The number of carbonyl (C=O) groups is 3. The highest BCUT2D eigenvalue weighted by Crippen LogP contribution is 2.17. The number of ether oxygens (including phenoxy) is 3. The Bertz CT molecular complexity index is 1090. The van der Waals surface area contributed by atoms with E-state index in [1.807, 2.05) is 0 Å². The molecule has 65 heavy (non-hydrogen) atoms. The first-order valence-electron chi connectivity index (χ1n) is 28.5. The quantitative estimate of drug-likeness (QED) is 0.0262. The van der Waals surface area contributed by atoms with Crippen molar-refractivity contribution in [1.29, 1.82) is 0 Å². The third-order valence-electron chi connectivity index (χ3n) is 12.6. The predicted octanol–water partition coefficient (Wildman–Crippen LogP) is 18.9. The molecular weight excluding hydrogens is 805 g/mol. The standard InChI is InChI=1S/C59H108O6/c1-4-7-10-13-16-19-22-24-26-28-29-31-33-35-38-41-44-47-50-53-59(62)65-56(54-63-57(60)51-48-45-42-39-36-21-18-15-12-9-6-3)55-64-58(61)52-49-46-43-40-37-34-32-30-27-25-23-20-17-14-11-8-5-2/h17,20,25,27,32,34,56H,4-16,18-19,21-24,26,28-31,33,35-55H2,1-3H3/b20-17-,27-25-,34-32-/t56-/m0/s1. The van der Waals surface area contributed by atoms with Crippen LogP contribution in [0.15, 0.2) is 36.5 Å². The van der Waals surface area contributed by atoms with Crippen molar-refractivity contribution in [2.45, 2.75) is 309 Å². The lowest BCUT2D eigenvalue weighted by atomic mass is 10.0. The van der Waals surface area contributed by atoms with E-state index in [0.29, 0.717) is 19.3 Å². The van der Waals surface area contributed by atoms with Crippen LogP contribution in [-0.4, -0.2) is 37.2 Å². The Kier molecular flexibility index (Phi) is 52.3. The third kappa shape index (κ3) is 52.5. The molecule has 0 amide bonds. The molecular formula is C59H108O6. The molecule has 0 N–H and O–H groups in total. The van der Waals surface area contributed by atoms with Gasteiger partial charge < -0.3 is 14.2 Å². The van der Waals surface area contributed by atoms with Crippen LogP contribution in [0.3, 0.4) is 0 Å². The van der Waals surface area contributed by atoms with E-state index in [-0.39, 0.29) is 31.1 Å². The van der Waals surface area contributed by atoms with Gasteiger partial charge in [0.05, 0.1) is 0 Å². The zero-order valence-corrected chi connectivity index (χ0v) is 43.5. The van der Waals surface area contributed by atoms with Crippen LogP contribution < -0.4 is 0 Å². The smallest absolute Gasteiger partial charge is 0.306 e. The van der Waals surface area contributed by atoms with Crippen LogP contribution in [-0.2, 0) is 28.6 Å². The van der Waals surface area contributed by atoms with Gasteiger partial charge >= 0.3 is 17.9 Å². The monoisotopic (exact) mass is 913 g/mol. The van der Waals surface area contributed by atoms with Gasteiger partial charge in [-0.25, -0.2) is 0 Å². The number of hydrogen-bond donors (Lipinski definition) is 0. The molecule has 0 saturated carbocycles. The molecule has 6 nitrogen and oxygen atoms in total. The molecule has 0 aliphatic rings. The Morgan fingerprint density at radius 3 is 0.892 bits per heavy atom. The average Bonchev–Trinajstić information content (AvgIpc) is 3.30. The molecule has 380 valence electrons. The normalized spacial score (nSPS) is 12.2. The largest absolute Gasteiger partial charge is 0.462 e. The fraction of sp³-hybridized carbons (Fsp3) is 0.847. The fourth-order valence-electron chi connectivity index (χ4n) is 8.33. The predicted molar refractivity (Wildman–Crippen MR) is 279 cm³/mol. The number of rotatable bonds is 52. The van der Waals surface area contributed by atoms with Gasteiger partial charge in [-0.15, -0.1) is 0 Å². The Morgan fingerprint density at radius 1 is 0.308 bits per heavy atom. The van der Waals surface area contributed by atoms with Gasteiger partial charge in [-0.3, -0.25) is 14.4 Å². The lowest BCUT2D eigenvalue weighted by Crippen LogP contribution is -2.30. The second-order valence-electron chi connectivity index (χ2n) is 19.2. The maximum Gasteiger partial charge on any atom is 0.306 e. The van der Waals surface area contributed by atoms with Crippen molar-refractivity contribution < 1.29 is 28.6 Å². The Morgan fingerprint density at radius 2 is 0.554 bits per heavy atom. The van der Waals surface area contributed by atoms with E-state index in [4.69, 9.17) is 14.2 Å². The van der Waals surface area contributed by atoms with E-state index in [1.54, 1.807) is 0 Å². The summed E-state index contributed by atoms with van der Waals surface area (Å²) < 4.78 is 16.8. The molecule has 0 bridgehead atoms. The van der Waals surface area contributed by atoms with E-state index in [2.05, 4.69) is 57.2 Å². The van der Waals surface area contributed by atoms with Gasteiger partial charge in [0.15, 0.2) is 6.10 Å². The first-order chi connectivity index (χ1) is 32.0. The number of carbonyl (C=O) groups excluding carboxylic acids is 3. The highest BCUT2D eigenvalue weighted by molar-refractivity contribution is 5.71. The summed E-state index contributed by atoms with van der Waals surface area (Å²) in [6.45, 7) is 6.63. The van der Waals surface area contributed by atoms with Gasteiger partial charge in [-0.1, -0.05) is 263 Å². The zero-order valence-electron chi connectivity index (χ0n) is 43.5. The highest BCUT2D eigenvalue weighted by Gasteiger charge is 2.19. The van der Waals surface area contributed by atoms with E-state index in [1.165, 1.54) is 180 Å². The number of esters is 3. The van der Waals surface area contributed by atoms with Crippen LogP contribution in [0.25, 0.3) is 0 Å². The minimum atomic E-state index is -0.776. The SMILES string of the molecule is CCCCC/C=C\C/C=C\C/C=C\CCCCCCC(=O)OC[C@H](COC(=O)CCCCCCCCCCCCC)OC(=O)CCCCCCCCCCCCCCCCCCCCC. The maximum absolute atomic E-state index is 12.8. The van der Waals surface area contributed by atoms with E-state index in [0.717, 1.165) is 83.5 Å². The molecule has 0 aromatic heterocycles. The fourth-order valence-corrected chi connectivity index (χ4v) is 8.33. The summed E-state index contributed by atoms with van der Waals surface area (Å²) in [4.78, 5) is 38.1. The second kappa shape index (κ2) is 54.2. The zero-order chi connectivity index (χ0) is 47.2. The van der Waals surface area contributed by atoms with Gasteiger partial charge in [0, 0.05) is 19.3 Å². The first kappa shape index (κ1) is 62.6. The van der Waals surface area contributed by atoms with Crippen molar-refractivity contribution in [2.24, 2.45) is 0 Å². The summed E-state index contributed by atoms with van der Waals surface area (Å²) in [5, 5.41) is 0. The van der Waals surface area contributed by atoms with Gasteiger partial charge in [0.25, 0.3) is 0 Å². The average molecular weight is 914 g/mol. The van der Waals surface area contributed by atoms with Crippen LogP contribution in [0.5, 0.6) is 0 Å². The van der Waals surface area contributed by atoms with Gasteiger partial charge in [-0.2, -0.15) is 0 Å². The van der Waals surface area contributed by atoms with Crippen molar-refractivity contribution >= 4 is 17.9 Å². The van der Waals surface area contributed by atoms with Gasteiger partial charge in [0.2, 0.25) is 0 Å². The van der Waals surface area contributed by atoms with Crippen LogP contribution in [0.2, 0.25) is 0 Å². The van der Waals surface area contributed by atoms with Crippen LogP contribution >= 0.6 is 0 Å². The van der Waals surface area contributed by atoms with Crippen molar-refractivity contribution in [3.05, 3.63) is 36.5 Å². The van der Waals surface area contributed by atoms with Crippen LogP contribution in [0, 0.1) is 0 Å². The van der Waals surface area contributed by atoms with Crippen molar-refractivity contribution in [3.8, 4) is 0 Å². The van der Waals surface area contributed by atoms with E-state index in [9.17, 15) is 14.4 Å². The minimum absolute atomic E-state index is 0.0748. The Labute approximate surface area is 404 Å². The molecule has 0 saturated heterocycles. The summed E-state index contributed by atoms with van der Waals surface area (Å²) >= 11 is 0. The number of hydrogen-bond acceptors (Lipinski definition) is 6. The molecule has 0 aromatic rings. The lowest BCUT2D eigenvalue weighted by molar-refractivity contribution is -0.167.